The molecule has 4 unspecified atom stereocenters. The molecule has 2 rings (SSSR count). The SMILES string of the molecule is CC1CC(C)CN(CC(C)NC(=O)NCC2CCCO2)C1. The van der Waals surface area contributed by atoms with Gasteiger partial charge in [-0.05, 0) is 38.0 Å². The Hall–Kier alpha value is -0.810. The van der Waals surface area contributed by atoms with Crippen LogP contribution in [0.5, 0.6) is 0 Å². The fourth-order valence-corrected chi connectivity index (χ4v) is 3.66. The summed E-state index contributed by atoms with van der Waals surface area (Å²) in [5, 5.41) is 5.95. The number of rotatable bonds is 5. The fourth-order valence-electron chi connectivity index (χ4n) is 3.66. The highest BCUT2D eigenvalue weighted by Gasteiger charge is 2.23. The predicted octanol–water partition coefficient (Wildman–Crippen LogP) is 1.83. The summed E-state index contributed by atoms with van der Waals surface area (Å²) >= 11 is 0. The van der Waals surface area contributed by atoms with Crippen molar-refractivity contribution in [1.29, 1.82) is 0 Å². The van der Waals surface area contributed by atoms with Crippen molar-refractivity contribution in [2.45, 2.75) is 52.2 Å². The number of urea groups is 1. The molecule has 4 atom stereocenters. The lowest BCUT2D eigenvalue weighted by Crippen LogP contribution is -2.50. The summed E-state index contributed by atoms with van der Waals surface area (Å²) < 4.78 is 5.50. The third kappa shape index (κ3) is 5.83. The molecule has 0 radical (unpaired) electrons. The third-order valence-corrected chi connectivity index (χ3v) is 4.37. The molecule has 0 bridgehead atoms. The molecule has 2 fully saturated rings. The van der Waals surface area contributed by atoms with Gasteiger partial charge in [0, 0.05) is 38.8 Å². The van der Waals surface area contributed by atoms with Gasteiger partial charge in [0.2, 0.25) is 0 Å². The largest absolute Gasteiger partial charge is 0.376 e. The first kappa shape index (κ1) is 16.6. The van der Waals surface area contributed by atoms with Crippen molar-refractivity contribution in [2.24, 2.45) is 11.8 Å². The van der Waals surface area contributed by atoms with Gasteiger partial charge in [0.25, 0.3) is 0 Å². The van der Waals surface area contributed by atoms with E-state index in [1.807, 2.05) is 0 Å². The summed E-state index contributed by atoms with van der Waals surface area (Å²) in [6, 6.07) is 0.100. The lowest BCUT2D eigenvalue weighted by molar-refractivity contribution is 0.110. The zero-order valence-electron chi connectivity index (χ0n) is 13.7. The smallest absolute Gasteiger partial charge is 0.315 e. The molecule has 122 valence electrons. The van der Waals surface area contributed by atoms with Crippen LogP contribution in [0.2, 0.25) is 0 Å². The van der Waals surface area contributed by atoms with Gasteiger partial charge in [-0.2, -0.15) is 0 Å². The van der Waals surface area contributed by atoms with E-state index in [2.05, 4.69) is 36.3 Å². The van der Waals surface area contributed by atoms with Crippen molar-refractivity contribution in [3.8, 4) is 0 Å². The molecule has 0 spiro atoms. The standard InChI is InChI=1S/C16H31N3O2/c1-12-7-13(2)10-19(9-12)11-14(3)18-16(20)17-8-15-5-4-6-21-15/h12-15H,4-11H2,1-3H3,(H2,17,18,20). The Morgan fingerprint density at radius 3 is 2.67 bits per heavy atom. The maximum Gasteiger partial charge on any atom is 0.315 e. The van der Waals surface area contributed by atoms with E-state index in [-0.39, 0.29) is 18.2 Å². The number of carbonyl (C=O) groups is 1. The molecule has 5 nitrogen and oxygen atoms in total. The Bertz CT molecular complexity index is 321. The van der Waals surface area contributed by atoms with Crippen LogP contribution < -0.4 is 10.6 Å². The van der Waals surface area contributed by atoms with Crippen LogP contribution in [0.3, 0.4) is 0 Å². The average molecular weight is 297 g/mol. The molecular weight excluding hydrogens is 266 g/mol. The number of likely N-dealkylation sites (tertiary alicyclic amines) is 1. The van der Waals surface area contributed by atoms with Gasteiger partial charge in [-0.15, -0.1) is 0 Å². The van der Waals surface area contributed by atoms with Crippen LogP contribution in [-0.2, 0) is 4.74 Å². The molecule has 5 heteroatoms. The molecule has 2 saturated heterocycles. The number of amides is 2. The van der Waals surface area contributed by atoms with E-state index in [1.54, 1.807) is 0 Å². The predicted molar refractivity (Wildman–Crippen MR) is 84.4 cm³/mol. The van der Waals surface area contributed by atoms with Crippen LogP contribution >= 0.6 is 0 Å². The first-order chi connectivity index (χ1) is 10.0. The number of hydrogen-bond acceptors (Lipinski definition) is 3. The van der Waals surface area contributed by atoms with Gasteiger partial charge in [-0.25, -0.2) is 4.79 Å². The maximum atomic E-state index is 11.9. The quantitative estimate of drug-likeness (QED) is 0.814. The number of hydrogen-bond donors (Lipinski definition) is 2. The molecule has 0 saturated carbocycles. The molecule has 0 aliphatic carbocycles. The van der Waals surface area contributed by atoms with Crippen LogP contribution in [0.15, 0.2) is 0 Å². The fraction of sp³-hybridized carbons (Fsp3) is 0.938. The van der Waals surface area contributed by atoms with E-state index in [1.165, 1.54) is 6.42 Å². The summed E-state index contributed by atoms with van der Waals surface area (Å²) in [5.74, 6) is 1.52. The zero-order chi connectivity index (χ0) is 15.2. The topological polar surface area (TPSA) is 53.6 Å². The second-order valence-electron chi connectivity index (χ2n) is 7.06. The minimum atomic E-state index is -0.0730. The van der Waals surface area contributed by atoms with E-state index in [0.29, 0.717) is 6.54 Å². The Labute approximate surface area is 128 Å². The number of ether oxygens (including phenoxy) is 1. The minimum Gasteiger partial charge on any atom is -0.376 e. The van der Waals surface area contributed by atoms with Crippen molar-refractivity contribution >= 4 is 6.03 Å². The maximum absolute atomic E-state index is 11.9. The highest BCUT2D eigenvalue weighted by molar-refractivity contribution is 5.74. The minimum absolute atomic E-state index is 0.0730. The summed E-state index contributed by atoms with van der Waals surface area (Å²) in [6.45, 7) is 11.4. The number of nitrogens with one attached hydrogen (secondary N) is 2. The Morgan fingerprint density at radius 1 is 1.33 bits per heavy atom. The Morgan fingerprint density at radius 2 is 2.05 bits per heavy atom. The molecule has 0 aromatic carbocycles. The lowest BCUT2D eigenvalue weighted by Gasteiger charge is -2.36. The second-order valence-corrected chi connectivity index (χ2v) is 7.06. The second kappa shape index (κ2) is 7.99. The molecule has 2 aliphatic heterocycles. The normalized spacial score (nSPS) is 31.9. The van der Waals surface area contributed by atoms with Gasteiger partial charge in [-0.1, -0.05) is 13.8 Å². The molecule has 21 heavy (non-hydrogen) atoms. The van der Waals surface area contributed by atoms with Gasteiger partial charge >= 0.3 is 6.03 Å². The van der Waals surface area contributed by atoms with E-state index in [0.717, 1.165) is 50.9 Å². The first-order valence-electron chi connectivity index (χ1n) is 8.41. The third-order valence-electron chi connectivity index (χ3n) is 4.37. The molecule has 2 N–H and O–H groups in total. The van der Waals surface area contributed by atoms with Crippen LogP contribution in [0.1, 0.15) is 40.0 Å². The first-order valence-corrected chi connectivity index (χ1v) is 8.41. The van der Waals surface area contributed by atoms with Crippen molar-refractivity contribution in [3.05, 3.63) is 0 Å². The summed E-state index contributed by atoms with van der Waals surface area (Å²) in [5.41, 5.74) is 0. The van der Waals surface area contributed by atoms with Gasteiger partial charge in [0.05, 0.1) is 6.10 Å². The molecule has 2 aliphatic rings. The molecule has 0 aromatic rings. The molecule has 2 amide bonds. The van der Waals surface area contributed by atoms with Gasteiger partial charge < -0.3 is 20.3 Å². The summed E-state index contributed by atoms with van der Waals surface area (Å²) in [6.07, 6.45) is 3.68. The lowest BCUT2D eigenvalue weighted by atomic mass is 9.92. The van der Waals surface area contributed by atoms with Gasteiger partial charge in [-0.3, -0.25) is 0 Å². The number of piperidine rings is 1. The van der Waals surface area contributed by atoms with Gasteiger partial charge in [0.15, 0.2) is 0 Å². The summed E-state index contributed by atoms with van der Waals surface area (Å²) in [4.78, 5) is 14.4. The zero-order valence-corrected chi connectivity index (χ0v) is 13.7. The van der Waals surface area contributed by atoms with Crippen LogP contribution in [0.25, 0.3) is 0 Å². The Balaban J connectivity index is 1.63. The molecule has 2 heterocycles. The van der Waals surface area contributed by atoms with E-state index >= 15 is 0 Å². The number of carbonyl (C=O) groups excluding carboxylic acids is 1. The summed E-state index contributed by atoms with van der Waals surface area (Å²) in [7, 11) is 0. The number of nitrogens with zero attached hydrogens (tertiary/aromatic N) is 1. The van der Waals surface area contributed by atoms with E-state index in [9.17, 15) is 4.79 Å². The van der Waals surface area contributed by atoms with Crippen LogP contribution in [0.4, 0.5) is 4.79 Å². The van der Waals surface area contributed by atoms with Crippen molar-refractivity contribution < 1.29 is 9.53 Å². The Kier molecular flexibility index (Phi) is 6.30. The van der Waals surface area contributed by atoms with Crippen molar-refractivity contribution in [3.63, 3.8) is 0 Å². The highest BCUT2D eigenvalue weighted by atomic mass is 16.5. The van der Waals surface area contributed by atoms with E-state index < -0.39 is 0 Å². The van der Waals surface area contributed by atoms with Crippen molar-refractivity contribution in [1.82, 2.24) is 15.5 Å². The van der Waals surface area contributed by atoms with Gasteiger partial charge in [0.1, 0.15) is 0 Å². The molecular formula is C16H31N3O2. The highest BCUT2D eigenvalue weighted by Crippen LogP contribution is 2.20. The molecule has 0 aromatic heterocycles. The van der Waals surface area contributed by atoms with Crippen LogP contribution in [0, 0.1) is 11.8 Å². The van der Waals surface area contributed by atoms with E-state index in [4.69, 9.17) is 4.74 Å². The van der Waals surface area contributed by atoms with Crippen molar-refractivity contribution in [2.75, 3.05) is 32.8 Å². The monoisotopic (exact) mass is 297 g/mol. The average Bonchev–Trinajstić information content (AvgIpc) is 2.87. The van der Waals surface area contributed by atoms with Crippen LogP contribution in [-0.4, -0.2) is 55.9 Å².